The number of hydrogen-bond acceptors (Lipinski definition) is 6. The fourth-order valence-corrected chi connectivity index (χ4v) is 2.16. The van der Waals surface area contributed by atoms with Gasteiger partial charge in [0.15, 0.2) is 12.2 Å². The molecule has 0 aliphatic rings. The number of H-pyrrole nitrogens is 1. The molecule has 7 nitrogen and oxygen atoms in total. The Morgan fingerprint density at radius 2 is 2.33 bits per heavy atom. The first-order chi connectivity index (χ1) is 8.61. The molecule has 0 aliphatic carbocycles. The third-order valence-electron chi connectivity index (χ3n) is 2.13. The number of benzene rings is 1. The predicted octanol–water partition coefficient (Wildman–Crippen LogP) is 1.77. The molecular formula is C10H9N3O4S. The minimum absolute atomic E-state index is 0.215. The molecule has 0 aliphatic heterocycles. The van der Waals surface area contributed by atoms with Crippen molar-refractivity contribution < 1.29 is 14.6 Å². The van der Waals surface area contributed by atoms with Gasteiger partial charge in [0.1, 0.15) is 5.75 Å². The van der Waals surface area contributed by atoms with Crippen LogP contribution in [0, 0.1) is 0 Å². The third kappa shape index (κ3) is 2.38. The van der Waals surface area contributed by atoms with E-state index in [-0.39, 0.29) is 4.87 Å². The minimum atomic E-state index is -1.08. The highest BCUT2D eigenvalue weighted by Crippen LogP contribution is 2.35. The number of azo groups is 1. The normalized spacial score (nSPS) is 11.2. The molecule has 0 fully saturated rings. The Balaban J connectivity index is 2.53. The maximum atomic E-state index is 11.3. The fraction of sp³-hybridized carbons (Fsp3) is 0.200. The van der Waals surface area contributed by atoms with E-state index in [0.717, 1.165) is 11.3 Å². The van der Waals surface area contributed by atoms with E-state index in [4.69, 9.17) is 9.84 Å². The lowest BCUT2D eigenvalue weighted by atomic mass is 10.2. The Labute approximate surface area is 105 Å². The van der Waals surface area contributed by atoms with Gasteiger partial charge in [-0.05, 0) is 12.1 Å². The highest BCUT2D eigenvalue weighted by Gasteiger charge is 2.11. The highest BCUT2D eigenvalue weighted by molar-refractivity contribution is 7.16. The fourth-order valence-electron chi connectivity index (χ4n) is 1.42. The highest BCUT2D eigenvalue weighted by atomic mass is 32.1. The zero-order valence-electron chi connectivity index (χ0n) is 9.34. The zero-order valence-corrected chi connectivity index (χ0v) is 10.2. The van der Waals surface area contributed by atoms with Gasteiger partial charge < -0.3 is 14.8 Å². The first-order valence-corrected chi connectivity index (χ1v) is 5.72. The summed E-state index contributed by atoms with van der Waals surface area (Å²) < 4.78 is 5.81. The van der Waals surface area contributed by atoms with Crippen LogP contribution in [0.25, 0.3) is 10.2 Å². The van der Waals surface area contributed by atoms with E-state index in [2.05, 4.69) is 15.2 Å². The monoisotopic (exact) mass is 267 g/mol. The second kappa shape index (κ2) is 4.96. The molecule has 18 heavy (non-hydrogen) atoms. The second-order valence-electron chi connectivity index (χ2n) is 3.30. The first kappa shape index (κ1) is 12.2. The maximum absolute atomic E-state index is 11.3. The van der Waals surface area contributed by atoms with Crippen molar-refractivity contribution in [2.75, 3.05) is 13.7 Å². The SMILES string of the molecule is COc1ccc2sc(=O)[nH]c2c1N=NCC(=O)O. The number of nitrogens with zero attached hydrogens (tertiary/aromatic N) is 2. The van der Waals surface area contributed by atoms with E-state index in [1.165, 1.54) is 7.11 Å². The molecule has 2 rings (SSSR count). The number of carboxylic acids is 1. The average Bonchev–Trinajstić information content (AvgIpc) is 2.69. The van der Waals surface area contributed by atoms with Crippen molar-refractivity contribution >= 4 is 33.2 Å². The van der Waals surface area contributed by atoms with Crippen molar-refractivity contribution in [3.8, 4) is 5.75 Å². The largest absolute Gasteiger partial charge is 0.494 e. The average molecular weight is 267 g/mol. The lowest BCUT2D eigenvalue weighted by Crippen LogP contribution is -1.97. The Morgan fingerprint density at radius 3 is 3.00 bits per heavy atom. The molecule has 0 atom stereocenters. The molecule has 0 amide bonds. The van der Waals surface area contributed by atoms with Crippen LogP contribution in [0.5, 0.6) is 5.75 Å². The van der Waals surface area contributed by atoms with Crippen LogP contribution >= 0.6 is 11.3 Å². The van der Waals surface area contributed by atoms with Crippen molar-refractivity contribution in [1.29, 1.82) is 0 Å². The van der Waals surface area contributed by atoms with Gasteiger partial charge in [0.05, 0.1) is 17.3 Å². The summed E-state index contributed by atoms with van der Waals surface area (Å²) in [6.07, 6.45) is 0. The van der Waals surface area contributed by atoms with Gasteiger partial charge in [-0.1, -0.05) is 11.3 Å². The summed E-state index contributed by atoms with van der Waals surface area (Å²) in [6, 6.07) is 3.38. The van der Waals surface area contributed by atoms with Crippen LogP contribution in [0.2, 0.25) is 0 Å². The van der Waals surface area contributed by atoms with Crippen LogP contribution in [0.3, 0.4) is 0 Å². The first-order valence-electron chi connectivity index (χ1n) is 4.91. The van der Waals surface area contributed by atoms with E-state index >= 15 is 0 Å². The van der Waals surface area contributed by atoms with Gasteiger partial charge in [0, 0.05) is 0 Å². The number of rotatable bonds is 4. The van der Waals surface area contributed by atoms with Crippen LogP contribution in [0.15, 0.2) is 27.2 Å². The van der Waals surface area contributed by atoms with Crippen molar-refractivity contribution in [3.63, 3.8) is 0 Å². The summed E-state index contributed by atoms with van der Waals surface area (Å²) in [5.74, 6) is -0.658. The van der Waals surface area contributed by atoms with Gasteiger partial charge in [-0.25, -0.2) is 0 Å². The summed E-state index contributed by atoms with van der Waals surface area (Å²) in [4.78, 5) is 24.1. The van der Waals surface area contributed by atoms with Gasteiger partial charge in [-0.15, -0.1) is 5.11 Å². The smallest absolute Gasteiger partial charge is 0.327 e. The number of thiazole rings is 1. The Kier molecular flexibility index (Phi) is 3.38. The number of aliphatic carboxylic acids is 1. The van der Waals surface area contributed by atoms with Crippen LogP contribution in [-0.4, -0.2) is 29.7 Å². The van der Waals surface area contributed by atoms with Crippen LogP contribution < -0.4 is 9.61 Å². The van der Waals surface area contributed by atoms with E-state index in [1.807, 2.05) is 0 Å². The number of carboxylic acid groups (broad SMARTS) is 1. The number of aromatic amines is 1. The summed E-state index contributed by atoms with van der Waals surface area (Å²) >= 11 is 1.04. The molecular weight excluding hydrogens is 258 g/mol. The Bertz CT molecular complexity index is 673. The number of carbonyl (C=O) groups is 1. The summed E-state index contributed by atoms with van der Waals surface area (Å²) in [7, 11) is 1.46. The second-order valence-corrected chi connectivity index (χ2v) is 4.31. The van der Waals surface area contributed by atoms with Crippen LogP contribution in [0.1, 0.15) is 0 Å². The van der Waals surface area contributed by atoms with Crippen LogP contribution in [-0.2, 0) is 4.79 Å². The molecule has 2 N–H and O–H groups in total. The van der Waals surface area contributed by atoms with E-state index in [1.54, 1.807) is 12.1 Å². The molecule has 0 bridgehead atoms. The van der Waals surface area contributed by atoms with E-state index in [0.29, 0.717) is 21.7 Å². The van der Waals surface area contributed by atoms with E-state index in [9.17, 15) is 9.59 Å². The number of methoxy groups -OCH3 is 1. The minimum Gasteiger partial charge on any atom is -0.494 e. The number of nitrogens with one attached hydrogen (secondary N) is 1. The molecule has 1 aromatic carbocycles. The number of ether oxygens (including phenoxy) is 1. The summed E-state index contributed by atoms with van der Waals surface area (Å²) in [6.45, 7) is -0.437. The molecule has 1 heterocycles. The number of hydrogen-bond donors (Lipinski definition) is 2. The molecule has 0 radical (unpaired) electrons. The predicted molar refractivity (Wildman–Crippen MR) is 66.0 cm³/mol. The molecule has 0 spiro atoms. The number of aromatic nitrogens is 1. The molecule has 1 aromatic heterocycles. The standard InChI is InChI=1S/C10H9N3O4S/c1-17-5-2-3-6-9(12-10(16)18-6)8(5)13-11-4-7(14)15/h2-3H,4H2,1H3,(H,12,16)(H,14,15). The van der Waals surface area contributed by atoms with Crippen LogP contribution in [0.4, 0.5) is 5.69 Å². The summed E-state index contributed by atoms with van der Waals surface area (Å²) in [5.41, 5.74) is 0.827. The quantitative estimate of drug-likeness (QED) is 0.823. The number of fused-ring (bicyclic) bond motifs is 1. The Hall–Kier alpha value is -2.22. The zero-order chi connectivity index (χ0) is 13.1. The van der Waals surface area contributed by atoms with Crippen molar-refractivity contribution in [1.82, 2.24) is 4.98 Å². The van der Waals surface area contributed by atoms with E-state index < -0.39 is 12.5 Å². The van der Waals surface area contributed by atoms with Gasteiger partial charge >= 0.3 is 10.8 Å². The van der Waals surface area contributed by atoms with Crippen molar-refractivity contribution in [3.05, 3.63) is 21.8 Å². The van der Waals surface area contributed by atoms with Gasteiger partial charge in [-0.3, -0.25) is 9.59 Å². The molecule has 94 valence electrons. The maximum Gasteiger partial charge on any atom is 0.327 e. The van der Waals surface area contributed by atoms with Crippen molar-refractivity contribution in [2.24, 2.45) is 10.2 Å². The molecule has 2 aromatic rings. The Morgan fingerprint density at radius 1 is 1.56 bits per heavy atom. The van der Waals surface area contributed by atoms with Gasteiger partial charge in [-0.2, -0.15) is 5.11 Å². The molecule has 0 saturated carbocycles. The lowest BCUT2D eigenvalue weighted by molar-refractivity contribution is -0.135. The third-order valence-corrected chi connectivity index (χ3v) is 2.98. The lowest BCUT2D eigenvalue weighted by Gasteiger charge is -2.03. The molecule has 8 heteroatoms. The summed E-state index contributed by atoms with van der Waals surface area (Å²) in [5, 5.41) is 15.8. The van der Waals surface area contributed by atoms with Gasteiger partial charge in [0.25, 0.3) is 0 Å². The topological polar surface area (TPSA) is 104 Å². The van der Waals surface area contributed by atoms with Gasteiger partial charge in [0.2, 0.25) is 0 Å². The van der Waals surface area contributed by atoms with Crippen molar-refractivity contribution in [2.45, 2.75) is 0 Å². The molecule has 0 unspecified atom stereocenters. The molecule has 0 saturated heterocycles.